The average molecular weight is 292 g/mol. The zero-order valence-electron chi connectivity index (χ0n) is 11.1. The van der Waals surface area contributed by atoms with Crippen LogP contribution in [-0.4, -0.2) is 24.4 Å². The number of hydrogen-bond donors (Lipinski definition) is 1. The molecule has 1 N–H and O–H groups in total. The largest absolute Gasteiger partial charge is 0.416 e. The lowest BCUT2D eigenvalue weighted by atomic mass is 10.1. The van der Waals surface area contributed by atoms with Crippen molar-refractivity contribution in [1.82, 2.24) is 0 Å². The highest BCUT2D eigenvalue weighted by Gasteiger charge is 2.30. The molecule has 2 atom stereocenters. The third-order valence-corrected chi connectivity index (χ3v) is 2.83. The van der Waals surface area contributed by atoms with Crippen LogP contribution in [0.2, 0.25) is 0 Å². The molecular formula is C14H16F4O2. The predicted molar refractivity (Wildman–Crippen MR) is 67.5 cm³/mol. The van der Waals surface area contributed by atoms with Crippen LogP contribution in [0, 0.1) is 5.82 Å². The van der Waals surface area contributed by atoms with Crippen molar-refractivity contribution in [3.8, 4) is 0 Å². The summed E-state index contributed by atoms with van der Waals surface area (Å²) in [6.07, 6.45) is -2.45. The van der Waals surface area contributed by atoms with Crippen LogP contribution in [0.4, 0.5) is 17.6 Å². The van der Waals surface area contributed by atoms with E-state index in [-0.39, 0.29) is 5.56 Å². The fourth-order valence-corrected chi connectivity index (χ4v) is 1.66. The smallest absolute Gasteiger partial charge is 0.391 e. The molecule has 112 valence electrons. The normalized spacial score (nSPS) is 15.6. The molecule has 0 bridgehead atoms. The van der Waals surface area contributed by atoms with Gasteiger partial charge in [0.25, 0.3) is 0 Å². The minimum Gasteiger partial charge on any atom is -0.391 e. The van der Waals surface area contributed by atoms with Gasteiger partial charge in [-0.25, -0.2) is 4.39 Å². The van der Waals surface area contributed by atoms with Gasteiger partial charge in [0.2, 0.25) is 0 Å². The fourth-order valence-electron chi connectivity index (χ4n) is 1.66. The summed E-state index contributed by atoms with van der Waals surface area (Å²) >= 11 is 0. The summed E-state index contributed by atoms with van der Waals surface area (Å²) in [5.74, 6) is -0.943. The maximum absolute atomic E-state index is 13.5. The number of ether oxygens (including phenoxy) is 1. The topological polar surface area (TPSA) is 29.5 Å². The number of aliphatic hydroxyl groups is 1. The number of hydrogen-bond acceptors (Lipinski definition) is 2. The van der Waals surface area contributed by atoms with E-state index in [2.05, 4.69) is 0 Å². The van der Waals surface area contributed by atoms with Crippen LogP contribution in [0.25, 0.3) is 6.08 Å². The minimum atomic E-state index is -4.56. The summed E-state index contributed by atoms with van der Waals surface area (Å²) in [6, 6.07) is 2.35. The Hall–Kier alpha value is -1.40. The van der Waals surface area contributed by atoms with Gasteiger partial charge in [0.1, 0.15) is 5.82 Å². The zero-order chi connectivity index (χ0) is 15.3. The van der Waals surface area contributed by atoms with Gasteiger partial charge in [0, 0.05) is 12.7 Å². The van der Waals surface area contributed by atoms with Crippen molar-refractivity contribution in [3.05, 3.63) is 41.2 Å². The molecule has 1 aromatic rings. The standard InChI is InChI=1S/C14H16F4O2/c1-9(19)13(20-2)5-3-4-10-6-7-11(8-12(10)15)14(16,17)18/h3-4,6-9,13,19H,5H2,1-2H3/b4-3+/t9-,13+/m0/s1. The van der Waals surface area contributed by atoms with E-state index in [0.29, 0.717) is 12.5 Å². The molecule has 20 heavy (non-hydrogen) atoms. The summed E-state index contributed by atoms with van der Waals surface area (Å²) < 4.78 is 55.6. The second kappa shape index (κ2) is 6.85. The van der Waals surface area contributed by atoms with Crippen molar-refractivity contribution in [2.45, 2.75) is 31.7 Å². The first kappa shape index (κ1) is 16.7. The van der Waals surface area contributed by atoms with Crippen molar-refractivity contribution in [1.29, 1.82) is 0 Å². The third-order valence-electron chi connectivity index (χ3n) is 2.83. The first-order valence-electron chi connectivity index (χ1n) is 6.00. The minimum absolute atomic E-state index is 0.0541. The van der Waals surface area contributed by atoms with Gasteiger partial charge >= 0.3 is 6.18 Å². The van der Waals surface area contributed by atoms with E-state index >= 15 is 0 Å². The Labute approximate surface area is 114 Å². The molecular weight excluding hydrogens is 276 g/mol. The second-order valence-electron chi connectivity index (χ2n) is 4.39. The van der Waals surface area contributed by atoms with Crippen molar-refractivity contribution in [2.24, 2.45) is 0 Å². The van der Waals surface area contributed by atoms with Crippen LogP contribution < -0.4 is 0 Å². The summed E-state index contributed by atoms with van der Waals surface area (Å²) in [6.45, 7) is 1.56. The molecule has 2 nitrogen and oxygen atoms in total. The van der Waals surface area contributed by atoms with Crippen molar-refractivity contribution in [2.75, 3.05) is 7.11 Å². The zero-order valence-corrected chi connectivity index (χ0v) is 11.1. The van der Waals surface area contributed by atoms with Gasteiger partial charge in [-0.05, 0) is 25.5 Å². The monoisotopic (exact) mass is 292 g/mol. The van der Waals surface area contributed by atoms with E-state index < -0.39 is 29.8 Å². The molecule has 0 spiro atoms. The number of rotatable bonds is 5. The maximum Gasteiger partial charge on any atom is 0.416 e. The van der Waals surface area contributed by atoms with Crippen LogP contribution in [0.3, 0.4) is 0 Å². The van der Waals surface area contributed by atoms with Gasteiger partial charge in [-0.1, -0.05) is 18.2 Å². The van der Waals surface area contributed by atoms with Gasteiger partial charge in [0.15, 0.2) is 0 Å². The molecule has 0 aliphatic heterocycles. The molecule has 6 heteroatoms. The summed E-state index contributed by atoms with van der Waals surface area (Å²) in [4.78, 5) is 0. The molecule has 0 unspecified atom stereocenters. The van der Waals surface area contributed by atoms with Gasteiger partial charge in [-0.3, -0.25) is 0 Å². The Morgan fingerprint density at radius 2 is 2.00 bits per heavy atom. The van der Waals surface area contributed by atoms with Crippen LogP contribution in [0.15, 0.2) is 24.3 Å². The molecule has 0 heterocycles. The van der Waals surface area contributed by atoms with Crippen molar-refractivity contribution < 1.29 is 27.4 Å². The van der Waals surface area contributed by atoms with Gasteiger partial charge in [-0.2, -0.15) is 13.2 Å². The molecule has 1 aromatic carbocycles. The molecule has 0 amide bonds. The third kappa shape index (κ3) is 4.61. The van der Waals surface area contributed by atoms with Crippen LogP contribution in [0.1, 0.15) is 24.5 Å². The van der Waals surface area contributed by atoms with Crippen molar-refractivity contribution in [3.63, 3.8) is 0 Å². The molecule has 1 rings (SSSR count). The number of methoxy groups -OCH3 is 1. The van der Waals surface area contributed by atoms with E-state index in [1.165, 1.54) is 13.2 Å². The van der Waals surface area contributed by atoms with Gasteiger partial charge in [0.05, 0.1) is 17.8 Å². The van der Waals surface area contributed by atoms with E-state index in [1.54, 1.807) is 13.0 Å². The summed E-state index contributed by atoms with van der Waals surface area (Å²) in [5.41, 5.74) is -0.968. The van der Waals surface area contributed by atoms with E-state index in [1.807, 2.05) is 0 Å². The Morgan fingerprint density at radius 3 is 2.45 bits per heavy atom. The Balaban J connectivity index is 2.79. The second-order valence-corrected chi connectivity index (χ2v) is 4.39. The van der Waals surface area contributed by atoms with E-state index in [4.69, 9.17) is 4.74 Å². The molecule has 0 radical (unpaired) electrons. The number of benzene rings is 1. The Bertz CT molecular complexity index is 467. The number of alkyl halides is 3. The lowest BCUT2D eigenvalue weighted by Gasteiger charge is -2.15. The van der Waals surface area contributed by atoms with Gasteiger partial charge < -0.3 is 9.84 Å². The predicted octanol–water partition coefficient (Wildman–Crippen LogP) is 3.64. The lowest BCUT2D eigenvalue weighted by molar-refractivity contribution is -0.137. The summed E-state index contributed by atoms with van der Waals surface area (Å²) in [7, 11) is 1.43. The number of halogens is 4. The quantitative estimate of drug-likeness (QED) is 0.840. The fraction of sp³-hybridized carbons (Fsp3) is 0.429. The number of aliphatic hydroxyl groups excluding tert-OH is 1. The maximum atomic E-state index is 13.5. The average Bonchev–Trinajstić information content (AvgIpc) is 2.34. The Kier molecular flexibility index (Phi) is 5.71. The molecule has 0 saturated heterocycles. The summed E-state index contributed by atoms with van der Waals surface area (Å²) in [5, 5.41) is 9.33. The van der Waals surface area contributed by atoms with Crippen LogP contribution >= 0.6 is 0 Å². The van der Waals surface area contributed by atoms with E-state index in [0.717, 1.165) is 12.1 Å². The first-order chi connectivity index (χ1) is 9.25. The highest BCUT2D eigenvalue weighted by molar-refractivity contribution is 5.51. The molecule has 0 aromatic heterocycles. The van der Waals surface area contributed by atoms with Crippen LogP contribution in [0.5, 0.6) is 0 Å². The molecule has 0 aliphatic rings. The lowest BCUT2D eigenvalue weighted by Crippen LogP contribution is -2.24. The molecule has 0 saturated carbocycles. The first-order valence-corrected chi connectivity index (χ1v) is 6.00. The molecule has 0 aliphatic carbocycles. The SMILES string of the molecule is CO[C@H](C/C=C/c1ccc(C(F)(F)F)cc1F)[C@H](C)O. The molecule has 0 fully saturated rings. The highest BCUT2D eigenvalue weighted by Crippen LogP contribution is 2.30. The van der Waals surface area contributed by atoms with E-state index in [9.17, 15) is 22.7 Å². The Morgan fingerprint density at radius 1 is 1.35 bits per heavy atom. The highest BCUT2D eigenvalue weighted by atomic mass is 19.4. The van der Waals surface area contributed by atoms with Gasteiger partial charge in [-0.15, -0.1) is 0 Å². The van der Waals surface area contributed by atoms with Crippen molar-refractivity contribution >= 4 is 6.08 Å². The van der Waals surface area contributed by atoms with Crippen LogP contribution in [-0.2, 0) is 10.9 Å².